The minimum atomic E-state index is 0.252. The summed E-state index contributed by atoms with van der Waals surface area (Å²) in [4.78, 5) is 1.30. The van der Waals surface area contributed by atoms with Crippen molar-refractivity contribution in [2.24, 2.45) is 0 Å². The van der Waals surface area contributed by atoms with E-state index in [1.54, 1.807) is 11.8 Å². The van der Waals surface area contributed by atoms with E-state index < -0.39 is 0 Å². The van der Waals surface area contributed by atoms with Gasteiger partial charge in [-0.1, -0.05) is 30.3 Å². The van der Waals surface area contributed by atoms with Crippen molar-refractivity contribution >= 4 is 11.8 Å². The zero-order chi connectivity index (χ0) is 16.9. The molecule has 0 saturated carbocycles. The van der Waals surface area contributed by atoms with Crippen molar-refractivity contribution in [3.05, 3.63) is 77.6 Å². The Kier molecular flexibility index (Phi) is 5.38. The standard InChI is InChI=1S/C20H23N3S/c1-15(21-13-17-9-11-19(24-3)12-10-17)20-14-22-23(16(20)2)18-7-5-4-6-8-18/h4-12,14-15,21H,13H2,1-3H3. The number of thioether (sulfide) groups is 1. The minimum absolute atomic E-state index is 0.252. The minimum Gasteiger partial charge on any atom is -0.306 e. The molecule has 1 heterocycles. The molecule has 1 N–H and O–H groups in total. The van der Waals surface area contributed by atoms with Gasteiger partial charge in [0.1, 0.15) is 0 Å². The first-order valence-corrected chi connectivity index (χ1v) is 9.38. The van der Waals surface area contributed by atoms with E-state index in [1.807, 2.05) is 29.1 Å². The first kappa shape index (κ1) is 16.8. The third kappa shape index (κ3) is 3.71. The Morgan fingerprint density at radius 1 is 1.08 bits per heavy atom. The van der Waals surface area contributed by atoms with Crippen LogP contribution in [0.4, 0.5) is 0 Å². The Bertz CT molecular complexity index is 778. The lowest BCUT2D eigenvalue weighted by Gasteiger charge is -2.14. The van der Waals surface area contributed by atoms with E-state index in [1.165, 1.54) is 21.7 Å². The van der Waals surface area contributed by atoms with Gasteiger partial charge in [-0.15, -0.1) is 11.8 Å². The van der Waals surface area contributed by atoms with Gasteiger partial charge in [0.05, 0.1) is 11.9 Å². The Morgan fingerprint density at radius 2 is 1.79 bits per heavy atom. The molecule has 0 saturated heterocycles. The summed E-state index contributed by atoms with van der Waals surface area (Å²) in [6.45, 7) is 5.17. The predicted octanol–water partition coefficient (Wildman–Crippen LogP) is 4.75. The molecule has 1 aromatic heterocycles. The molecule has 3 rings (SSSR count). The molecule has 4 heteroatoms. The highest BCUT2D eigenvalue weighted by molar-refractivity contribution is 7.98. The first-order valence-electron chi connectivity index (χ1n) is 8.15. The molecule has 1 atom stereocenters. The quantitative estimate of drug-likeness (QED) is 0.658. The average molecular weight is 337 g/mol. The molecule has 0 bridgehead atoms. The second-order valence-electron chi connectivity index (χ2n) is 5.88. The van der Waals surface area contributed by atoms with Crippen LogP contribution in [0.15, 0.2) is 65.7 Å². The Hall–Kier alpha value is -2.04. The highest BCUT2D eigenvalue weighted by Gasteiger charge is 2.13. The molecule has 1 unspecified atom stereocenters. The highest BCUT2D eigenvalue weighted by Crippen LogP contribution is 2.21. The van der Waals surface area contributed by atoms with Gasteiger partial charge < -0.3 is 5.32 Å². The molecule has 0 fully saturated rings. The van der Waals surface area contributed by atoms with E-state index in [2.05, 4.69) is 66.9 Å². The fourth-order valence-electron chi connectivity index (χ4n) is 2.80. The monoisotopic (exact) mass is 337 g/mol. The summed E-state index contributed by atoms with van der Waals surface area (Å²) in [5, 5.41) is 8.16. The van der Waals surface area contributed by atoms with Crippen LogP contribution in [0.1, 0.15) is 29.8 Å². The summed E-state index contributed by atoms with van der Waals surface area (Å²) in [6, 6.07) is 19.2. The number of nitrogens with zero attached hydrogens (tertiary/aromatic N) is 2. The predicted molar refractivity (Wildman–Crippen MR) is 102 cm³/mol. The van der Waals surface area contributed by atoms with Crippen LogP contribution in [0, 0.1) is 6.92 Å². The summed E-state index contributed by atoms with van der Waals surface area (Å²) in [7, 11) is 0. The summed E-state index contributed by atoms with van der Waals surface area (Å²) < 4.78 is 2.00. The van der Waals surface area contributed by atoms with Gasteiger partial charge in [0, 0.05) is 28.7 Å². The number of para-hydroxylation sites is 1. The maximum absolute atomic E-state index is 4.56. The van der Waals surface area contributed by atoms with Crippen LogP contribution in [0.2, 0.25) is 0 Å². The normalized spacial score (nSPS) is 12.3. The SMILES string of the molecule is CSc1ccc(CNC(C)c2cnn(-c3ccccc3)c2C)cc1. The number of nitrogens with one attached hydrogen (secondary N) is 1. The molecule has 24 heavy (non-hydrogen) atoms. The van der Waals surface area contributed by atoms with Crippen molar-refractivity contribution < 1.29 is 0 Å². The molecule has 0 amide bonds. The average Bonchev–Trinajstić information content (AvgIpc) is 3.02. The highest BCUT2D eigenvalue weighted by atomic mass is 32.2. The first-order chi connectivity index (χ1) is 11.7. The molecule has 124 valence electrons. The van der Waals surface area contributed by atoms with Crippen molar-refractivity contribution in [2.75, 3.05) is 6.26 Å². The lowest BCUT2D eigenvalue weighted by molar-refractivity contribution is 0.571. The van der Waals surface area contributed by atoms with Crippen LogP contribution in [0.25, 0.3) is 5.69 Å². The molecular formula is C20H23N3S. The molecule has 0 aliphatic rings. The molecule has 3 aromatic rings. The zero-order valence-corrected chi connectivity index (χ0v) is 15.2. The molecule has 0 radical (unpaired) electrons. The summed E-state index contributed by atoms with van der Waals surface area (Å²) in [5.41, 5.74) is 4.81. The van der Waals surface area contributed by atoms with E-state index in [0.29, 0.717) is 0 Å². The number of hydrogen-bond donors (Lipinski definition) is 1. The molecule has 0 aliphatic carbocycles. The van der Waals surface area contributed by atoms with E-state index in [4.69, 9.17) is 0 Å². The smallest absolute Gasteiger partial charge is 0.0648 e. The van der Waals surface area contributed by atoms with Crippen LogP contribution >= 0.6 is 11.8 Å². The van der Waals surface area contributed by atoms with Crippen molar-refractivity contribution in [3.8, 4) is 5.69 Å². The largest absolute Gasteiger partial charge is 0.306 e. The van der Waals surface area contributed by atoms with Gasteiger partial charge in [-0.05, 0) is 49.9 Å². The summed E-state index contributed by atoms with van der Waals surface area (Å²) in [6.07, 6.45) is 4.07. The van der Waals surface area contributed by atoms with Gasteiger partial charge in [-0.2, -0.15) is 5.10 Å². The van der Waals surface area contributed by atoms with Crippen LogP contribution in [-0.4, -0.2) is 16.0 Å². The fraction of sp³-hybridized carbons (Fsp3) is 0.250. The van der Waals surface area contributed by atoms with Crippen molar-refractivity contribution in [3.63, 3.8) is 0 Å². The van der Waals surface area contributed by atoms with E-state index in [0.717, 1.165) is 12.2 Å². The maximum atomic E-state index is 4.56. The summed E-state index contributed by atoms with van der Waals surface area (Å²) in [5.74, 6) is 0. The van der Waals surface area contributed by atoms with Crippen molar-refractivity contribution in [1.82, 2.24) is 15.1 Å². The Labute approximate surface area is 148 Å². The fourth-order valence-corrected chi connectivity index (χ4v) is 3.21. The second kappa shape index (κ2) is 7.69. The van der Waals surface area contributed by atoms with Gasteiger partial charge in [0.25, 0.3) is 0 Å². The van der Waals surface area contributed by atoms with E-state index in [9.17, 15) is 0 Å². The molecular weight excluding hydrogens is 314 g/mol. The van der Waals surface area contributed by atoms with Crippen LogP contribution < -0.4 is 5.32 Å². The third-order valence-electron chi connectivity index (χ3n) is 4.29. The van der Waals surface area contributed by atoms with Crippen LogP contribution in [0.5, 0.6) is 0 Å². The topological polar surface area (TPSA) is 29.9 Å². The van der Waals surface area contributed by atoms with Crippen LogP contribution in [0.3, 0.4) is 0 Å². The number of benzene rings is 2. The van der Waals surface area contributed by atoms with Crippen LogP contribution in [-0.2, 0) is 6.54 Å². The molecule has 0 spiro atoms. The lowest BCUT2D eigenvalue weighted by Crippen LogP contribution is -2.18. The number of hydrogen-bond acceptors (Lipinski definition) is 3. The molecule has 2 aromatic carbocycles. The summed E-state index contributed by atoms with van der Waals surface area (Å²) >= 11 is 1.77. The van der Waals surface area contributed by atoms with Gasteiger partial charge >= 0.3 is 0 Å². The zero-order valence-electron chi connectivity index (χ0n) is 14.4. The Morgan fingerprint density at radius 3 is 2.46 bits per heavy atom. The molecule has 0 aliphatic heterocycles. The van der Waals surface area contributed by atoms with Gasteiger partial charge in [-0.3, -0.25) is 0 Å². The number of rotatable bonds is 6. The lowest BCUT2D eigenvalue weighted by atomic mass is 10.1. The van der Waals surface area contributed by atoms with E-state index in [-0.39, 0.29) is 6.04 Å². The Balaban J connectivity index is 1.69. The second-order valence-corrected chi connectivity index (χ2v) is 6.76. The van der Waals surface area contributed by atoms with Gasteiger partial charge in [0.15, 0.2) is 0 Å². The third-order valence-corrected chi connectivity index (χ3v) is 5.03. The van der Waals surface area contributed by atoms with Gasteiger partial charge in [0.2, 0.25) is 0 Å². The van der Waals surface area contributed by atoms with Crippen molar-refractivity contribution in [2.45, 2.75) is 31.3 Å². The number of aromatic nitrogens is 2. The maximum Gasteiger partial charge on any atom is 0.0648 e. The van der Waals surface area contributed by atoms with E-state index >= 15 is 0 Å². The molecule has 3 nitrogen and oxygen atoms in total. The van der Waals surface area contributed by atoms with Crippen molar-refractivity contribution in [1.29, 1.82) is 0 Å². The van der Waals surface area contributed by atoms with Gasteiger partial charge in [-0.25, -0.2) is 4.68 Å².